The van der Waals surface area contributed by atoms with Gasteiger partial charge in [0.15, 0.2) is 10.7 Å². The van der Waals surface area contributed by atoms with E-state index in [1.807, 2.05) is 0 Å². The minimum absolute atomic E-state index is 0.0246. The fourth-order valence-electron chi connectivity index (χ4n) is 1.45. The van der Waals surface area contributed by atoms with Crippen molar-refractivity contribution in [1.82, 2.24) is 8.68 Å². The van der Waals surface area contributed by atoms with E-state index in [0.29, 0.717) is 11.5 Å². The summed E-state index contributed by atoms with van der Waals surface area (Å²) in [5.41, 5.74) is 5.64. The standard InChI is InChI=1S/C10H20N4O3S2/c1-14(2)19(16,17)8-9(11)13-18-10(8)12-6-4-3-5-7-15/h12,15H,3-7H2,1-2H3,(H2,11,13). The summed E-state index contributed by atoms with van der Waals surface area (Å²) < 4.78 is 29.2. The molecule has 0 radical (unpaired) electrons. The van der Waals surface area contributed by atoms with E-state index in [-0.39, 0.29) is 17.3 Å². The number of sulfonamides is 1. The Morgan fingerprint density at radius 2 is 2.05 bits per heavy atom. The number of aliphatic hydroxyl groups excluding tert-OH is 1. The van der Waals surface area contributed by atoms with E-state index >= 15 is 0 Å². The monoisotopic (exact) mass is 308 g/mol. The largest absolute Gasteiger partial charge is 0.396 e. The van der Waals surface area contributed by atoms with Crippen LogP contribution in [0.15, 0.2) is 4.90 Å². The number of hydrogen-bond acceptors (Lipinski definition) is 7. The number of hydrogen-bond donors (Lipinski definition) is 3. The summed E-state index contributed by atoms with van der Waals surface area (Å²) in [4.78, 5) is 0.0460. The van der Waals surface area contributed by atoms with Crippen LogP contribution >= 0.6 is 11.5 Å². The normalized spacial score (nSPS) is 12.0. The zero-order valence-electron chi connectivity index (χ0n) is 11.1. The molecule has 19 heavy (non-hydrogen) atoms. The lowest BCUT2D eigenvalue weighted by molar-refractivity contribution is 0.283. The number of nitrogen functional groups attached to an aromatic ring is 1. The molecule has 7 nitrogen and oxygen atoms in total. The Kier molecular flexibility index (Phi) is 5.98. The molecule has 0 atom stereocenters. The molecule has 1 rings (SSSR count). The first-order valence-electron chi connectivity index (χ1n) is 5.93. The third-order valence-corrected chi connectivity index (χ3v) is 5.37. The van der Waals surface area contributed by atoms with Crippen molar-refractivity contribution >= 4 is 32.4 Å². The van der Waals surface area contributed by atoms with Gasteiger partial charge in [-0.3, -0.25) is 0 Å². The molecule has 0 aromatic carbocycles. The Morgan fingerprint density at radius 1 is 1.37 bits per heavy atom. The van der Waals surface area contributed by atoms with Crippen LogP contribution in [0.3, 0.4) is 0 Å². The van der Waals surface area contributed by atoms with E-state index in [9.17, 15) is 8.42 Å². The van der Waals surface area contributed by atoms with Gasteiger partial charge in [-0.25, -0.2) is 12.7 Å². The number of nitrogens with zero attached hydrogens (tertiary/aromatic N) is 2. The number of nitrogens with one attached hydrogen (secondary N) is 1. The summed E-state index contributed by atoms with van der Waals surface area (Å²) in [6.45, 7) is 0.797. The van der Waals surface area contributed by atoms with Crippen molar-refractivity contribution in [2.24, 2.45) is 0 Å². The predicted octanol–water partition coefficient (Wildman–Crippen LogP) is 0.550. The highest BCUT2D eigenvalue weighted by Gasteiger charge is 2.27. The van der Waals surface area contributed by atoms with Crippen molar-refractivity contribution < 1.29 is 13.5 Å². The van der Waals surface area contributed by atoms with Gasteiger partial charge in [0.25, 0.3) is 0 Å². The second kappa shape index (κ2) is 7.04. The molecule has 0 saturated carbocycles. The molecule has 110 valence electrons. The van der Waals surface area contributed by atoms with Crippen molar-refractivity contribution in [1.29, 1.82) is 0 Å². The Hall–Kier alpha value is -0.900. The lowest BCUT2D eigenvalue weighted by atomic mass is 10.2. The molecule has 0 amide bonds. The number of unbranched alkanes of at least 4 members (excludes halogenated alkanes) is 2. The number of rotatable bonds is 8. The molecule has 0 aliphatic rings. The van der Waals surface area contributed by atoms with Crippen molar-refractivity contribution in [3.05, 3.63) is 0 Å². The van der Waals surface area contributed by atoms with Gasteiger partial charge in [0.1, 0.15) is 5.00 Å². The van der Waals surface area contributed by atoms with Crippen LogP contribution in [0.2, 0.25) is 0 Å². The van der Waals surface area contributed by atoms with E-state index in [1.54, 1.807) is 0 Å². The Bertz CT molecular complexity index is 499. The predicted molar refractivity (Wildman–Crippen MR) is 76.8 cm³/mol. The highest BCUT2D eigenvalue weighted by atomic mass is 32.2. The summed E-state index contributed by atoms with van der Waals surface area (Å²) in [5, 5.41) is 12.2. The maximum absolute atomic E-state index is 12.1. The van der Waals surface area contributed by atoms with Crippen LogP contribution in [-0.4, -0.2) is 49.5 Å². The molecule has 9 heteroatoms. The number of aliphatic hydroxyl groups is 1. The molecule has 4 N–H and O–H groups in total. The fourth-order valence-corrected chi connectivity index (χ4v) is 3.56. The quantitative estimate of drug-likeness (QED) is 0.605. The summed E-state index contributed by atoms with van der Waals surface area (Å²) in [7, 11) is -0.677. The van der Waals surface area contributed by atoms with E-state index in [1.165, 1.54) is 14.1 Å². The van der Waals surface area contributed by atoms with Crippen LogP contribution in [0.5, 0.6) is 0 Å². The highest BCUT2D eigenvalue weighted by Crippen LogP contribution is 2.32. The van der Waals surface area contributed by atoms with Crippen LogP contribution in [0.25, 0.3) is 0 Å². The van der Waals surface area contributed by atoms with Crippen molar-refractivity contribution in [3.8, 4) is 0 Å². The van der Waals surface area contributed by atoms with Crippen LogP contribution in [0.4, 0.5) is 10.8 Å². The summed E-state index contributed by atoms with van der Waals surface area (Å²) >= 11 is 1.04. The van der Waals surface area contributed by atoms with Gasteiger partial charge < -0.3 is 16.2 Å². The Labute approximate surface area is 117 Å². The van der Waals surface area contributed by atoms with Gasteiger partial charge in [0, 0.05) is 27.2 Å². The van der Waals surface area contributed by atoms with Crippen molar-refractivity contribution in [2.75, 3.05) is 38.3 Å². The topological polar surface area (TPSA) is 109 Å². The maximum Gasteiger partial charge on any atom is 0.249 e. The molecule has 1 aromatic rings. The van der Waals surface area contributed by atoms with E-state index in [4.69, 9.17) is 10.8 Å². The lowest BCUT2D eigenvalue weighted by Gasteiger charge is -2.12. The molecule has 0 aliphatic heterocycles. The number of nitrogens with two attached hydrogens (primary N) is 1. The zero-order valence-corrected chi connectivity index (χ0v) is 12.7. The van der Waals surface area contributed by atoms with Gasteiger partial charge in [-0.15, -0.1) is 0 Å². The lowest BCUT2D eigenvalue weighted by Crippen LogP contribution is -2.23. The molecule has 0 bridgehead atoms. The Morgan fingerprint density at radius 3 is 2.63 bits per heavy atom. The number of aromatic nitrogens is 1. The van der Waals surface area contributed by atoms with Crippen molar-refractivity contribution in [3.63, 3.8) is 0 Å². The second-order valence-corrected chi connectivity index (χ2v) is 7.09. The Balaban J connectivity index is 2.76. The smallest absolute Gasteiger partial charge is 0.249 e. The molecule has 0 saturated heterocycles. The number of anilines is 2. The molecular weight excluding hydrogens is 288 g/mol. The van der Waals surface area contributed by atoms with E-state index < -0.39 is 10.0 Å². The maximum atomic E-state index is 12.1. The second-order valence-electron chi connectivity index (χ2n) is 4.22. The van der Waals surface area contributed by atoms with Gasteiger partial charge in [0.05, 0.1) is 0 Å². The zero-order chi connectivity index (χ0) is 14.5. The van der Waals surface area contributed by atoms with E-state index in [2.05, 4.69) is 9.69 Å². The van der Waals surface area contributed by atoms with Gasteiger partial charge in [0.2, 0.25) is 10.0 Å². The van der Waals surface area contributed by atoms with Gasteiger partial charge in [-0.05, 0) is 30.8 Å². The molecule has 0 spiro atoms. The van der Waals surface area contributed by atoms with E-state index in [0.717, 1.165) is 35.1 Å². The average molecular weight is 308 g/mol. The first-order valence-corrected chi connectivity index (χ1v) is 8.15. The summed E-state index contributed by atoms with van der Waals surface area (Å²) in [5.74, 6) is 0.0246. The van der Waals surface area contributed by atoms with Crippen LogP contribution in [-0.2, 0) is 10.0 Å². The molecule has 1 aromatic heterocycles. The van der Waals surface area contributed by atoms with Crippen molar-refractivity contribution in [2.45, 2.75) is 24.2 Å². The average Bonchev–Trinajstić information content (AvgIpc) is 2.70. The minimum Gasteiger partial charge on any atom is -0.396 e. The highest BCUT2D eigenvalue weighted by molar-refractivity contribution is 7.89. The van der Waals surface area contributed by atoms with Gasteiger partial charge in [-0.2, -0.15) is 4.37 Å². The van der Waals surface area contributed by atoms with Crippen LogP contribution in [0, 0.1) is 0 Å². The van der Waals surface area contributed by atoms with Crippen LogP contribution < -0.4 is 11.1 Å². The fraction of sp³-hybridized carbons (Fsp3) is 0.700. The van der Waals surface area contributed by atoms with Gasteiger partial charge >= 0.3 is 0 Å². The summed E-state index contributed by atoms with van der Waals surface area (Å²) in [6.07, 6.45) is 2.47. The van der Waals surface area contributed by atoms with Gasteiger partial charge in [-0.1, -0.05) is 0 Å². The molecular formula is C10H20N4O3S2. The third-order valence-electron chi connectivity index (χ3n) is 2.53. The molecule has 1 heterocycles. The first-order chi connectivity index (χ1) is 8.91. The third kappa shape index (κ3) is 4.03. The molecule has 0 fully saturated rings. The first kappa shape index (κ1) is 16.2. The molecule has 0 unspecified atom stereocenters. The minimum atomic E-state index is -3.59. The molecule has 0 aliphatic carbocycles. The SMILES string of the molecule is CN(C)S(=O)(=O)c1c(N)nsc1NCCCCCO. The summed E-state index contributed by atoms with van der Waals surface area (Å²) in [6, 6.07) is 0. The van der Waals surface area contributed by atoms with Crippen LogP contribution in [0.1, 0.15) is 19.3 Å².